The number of fused-ring (bicyclic) bond motifs is 3. The van der Waals surface area contributed by atoms with Crippen LogP contribution >= 0.6 is 11.8 Å². The van der Waals surface area contributed by atoms with E-state index in [1.807, 2.05) is 42.7 Å². The normalized spacial score (nSPS) is 15.0. The largest absolute Gasteiger partial charge is 0.481 e. The molecule has 0 heterocycles. The van der Waals surface area contributed by atoms with Crippen molar-refractivity contribution in [2.75, 3.05) is 18.6 Å². The lowest BCUT2D eigenvalue weighted by Gasteiger charge is -2.23. The first-order chi connectivity index (χ1) is 15.8. The zero-order valence-corrected chi connectivity index (χ0v) is 19.9. The highest BCUT2D eigenvalue weighted by Crippen LogP contribution is 2.44. The Bertz CT molecular complexity index is 966. The molecule has 0 bridgehead atoms. The first kappa shape index (κ1) is 24.6. The van der Waals surface area contributed by atoms with Gasteiger partial charge in [0.25, 0.3) is 0 Å². The topological polar surface area (TPSA) is 105 Å². The summed E-state index contributed by atoms with van der Waals surface area (Å²) in [6.07, 6.45) is 1.65. The van der Waals surface area contributed by atoms with Crippen molar-refractivity contribution in [3.8, 4) is 11.1 Å². The third kappa shape index (κ3) is 5.87. The fourth-order valence-corrected chi connectivity index (χ4v) is 4.42. The molecule has 3 N–H and O–H groups in total. The molecule has 2 amide bonds. The van der Waals surface area contributed by atoms with E-state index in [0.717, 1.165) is 22.3 Å². The van der Waals surface area contributed by atoms with Crippen molar-refractivity contribution in [2.45, 2.75) is 38.3 Å². The predicted octanol–water partition coefficient (Wildman–Crippen LogP) is 3.87. The zero-order valence-electron chi connectivity index (χ0n) is 19.0. The van der Waals surface area contributed by atoms with Crippen molar-refractivity contribution >= 4 is 29.7 Å². The van der Waals surface area contributed by atoms with Crippen LogP contribution in [0.4, 0.5) is 4.79 Å². The maximum atomic E-state index is 12.7. The smallest absolute Gasteiger partial charge is 0.407 e. The molecular weight excluding hydrogens is 440 g/mol. The molecule has 0 radical (unpaired) electrons. The highest BCUT2D eigenvalue weighted by atomic mass is 32.2. The molecule has 33 heavy (non-hydrogen) atoms. The highest BCUT2D eigenvalue weighted by Gasteiger charge is 2.30. The molecule has 0 aromatic heterocycles. The molecule has 3 rings (SSSR count). The Balaban J connectivity index is 1.64. The molecule has 7 nitrogen and oxygen atoms in total. The Morgan fingerprint density at radius 3 is 2.12 bits per heavy atom. The number of benzene rings is 2. The number of carboxylic acids is 1. The van der Waals surface area contributed by atoms with Crippen molar-refractivity contribution in [3.63, 3.8) is 0 Å². The van der Waals surface area contributed by atoms with Crippen molar-refractivity contribution in [2.24, 2.45) is 5.92 Å². The number of aliphatic carboxylic acids is 1. The van der Waals surface area contributed by atoms with Gasteiger partial charge in [0.2, 0.25) is 5.91 Å². The molecule has 2 aromatic rings. The van der Waals surface area contributed by atoms with Crippen LogP contribution in [0.25, 0.3) is 11.1 Å². The summed E-state index contributed by atoms with van der Waals surface area (Å²) < 4.78 is 5.56. The minimum absolute atomic E-state index is 0.0712. The van der Waals surface area contributed by atoms with E-state index in [1.54, 1.807) is 18.7 Å². The molecule has 1 aliphatic carbocycles. The number of alkyl carbamates (subject to hydrolysis) is 1. The second kappa shape index (κ2) is 11.2. The summed E-state index contributed by atoms with van der Waals surface area (Å²) in [5, 5.41) is 14.5. The molecule has 2 aromatic carbocycles. The second-order valence-corrected chi connectivity index (χ2v) is 9.21. The summed E-state index contributed by atoms with van der Waals surface area (Å²) in [4.78, 5) is 36.5. The zero-order chi connectivity index (χ0) is 24.0. The van der Waals surface area contributed by atoms with E-state index >= 15 is 0 Å². The Kier molecular flexibility index (Phi) is 8.38. The van der Waals surface area contributed by atoms with Crippen LogP contribution in [0.3, 0.4) is 0 Å². The van der Waals surface area contributed by atoms with Crippen LogP contribution in [0.2, 0.25) is 0 Å². The third-order valence-corrected chi connectivity index (χ3v) is 6.72. The minimum atomic E-state index is -0.993. The van der Waals surface area contributed by atoms with Crippen LogP contribution in [-0.2, 0) is 14.3 Å². The van der Waals surface area contributed by atoms with E-state index in [-0.39, 0.29) is 12.5 Å². The Morgan fingerprint density at radius 1 is 1.00 bits per heavy atom. The van der Waals surface area contributed by atoms with Gasteiger partial charge in [-0.2, -0.15) is 11.8 Å². The van der Waals surface area contributed by atoms with E-state index in [1.165, 1.54) is 6.92 Å². The van der Waals surface area contributed by atoms with Crippen LogP contribution in [0.5, 0.6) is 0 Å². The summed E-state index contributed by atoms with van der Waals surface area (Å²) in [5.74, 6) is -1.57. The van der Waals surface area contributed by atoms with Gasteiger partial charge in [-0.15, -0.1) is 0 Å². The summed E-state index contributed by atoms with van der Waals surface area (Å²) in [5.41, 5.74) is 4.50. The summed E-state index contributed by atoms with van der Waals surface area (Å²) in [6, 6.07) is 14.8. The lowest BCUT2D eigenvalue weighted by molar-refractivity contribution is -0.142. The molecule has 0 saturated heterocycles. The number of hydrogen-bond donors (Lipinski definition) is 3. The number of carbonyl (C=O) groups is 3. The van der Waals surface area contributed by atoms with Gasteiger partial charge in [0.05, 0.1) is 5.92 Å². The molecule has 8 heteroatoms. The molecule has 3 atom stereocenters. The molecule has 2 unspecified atom stereocenters. The third-order valence-electron chi connectivity index (χ3n) is 6.07. The van der Waals surface area contributed by atoms with E-state index in [0.29, 0.717) is 12.2 Å². The van der Waals surface area contributed by atoms with Crippen LogP contribution in [0.15, 0.2) is 48.5 Å². The Labute approximate surface area is 198 Å². The number of thioether (sulfide) groups is 1. The summed E-state index contributed by atoms with van der Waals surface area (Å²) in [6.45, 7) is 3.32. The van der Waals surface area contributed by atoms with Crippen LogP contribution in [-0.4, -0.2) is 53.8 Å². The van der Waals surface area contributed by atoms with Gasteiger partial charge in [0.15, 0.2) is 0 Å². The van der Waals surface area contributed by atoms with E-state index in [2.05, 4.69) is 22.8 Å². The molecular formula is C25H30N2O5S. The van der Waals surface area contributed by atoms with Gasteiger partial charge in [-0.05, 0) is 54.5 Å². The lowest BCUT2D eigenvalue weighted by Crippen LogP contribution is -2.51. The van der Waals surface area contributed by atoms with Gasteiger partial charge in [0, 0.05) is 12.0 Å². The number of hydrogen-bond acceptors (Lipinski definition) is 5. The quantitative estimate of drug-likeness (QED) is 0.487. The molecule has 0 saturated carbocycles. The van der Waals surface area contributed by atoms with Crippen molar-refractivity contribution < 1.29 is 24.2 Å². The Morgan fingerprint density at radius 2 is 1.58 bits per heavy atom. The minimum Gasteiger partial charge on any atom is -0.481 e. The predicted molar refractivity (Wildman–Crippen MR) is 129 cm³/mol. The molecule has 0 aliphatic heterocycles. The number of ether oxygens (including phenoxy) is 1. The summed E-state index contributed by atoms with van der Waals surface area (Å²) in [7, 11) is 0. The van der Waals surface area contributed by atoms with Gasteiger partial charge in [-0.3, -0.25) is 9.59 Å². The fourth-order valence-electron chi connectivity index (χ4n) is 3.95. The maximum Gasteiger partial charge on any atom is 0.407 e. The number of rotatable bonds is 10. The van der Waals surface area contributed by atoms with E-state index < -0.39 is 36.0 Å². The van der Waals surface area contributed by atoms with Gasteiger partial charge >= 0.3 is 12.1 Å². The highest BCUT2D eigenvalue weighted by molar-refractivity contribution is 7.98. The Hall–Kier alpha value is -3.00. The standard InChI is InChI=1S/C25H30N2O5S/c1-15(24(29)30)16(2)26-23(28)22(12-13-33-3)27-25(31)32-14-21-19-10-6-4-8-17(19)18-9-5-7-11-20(18)21/h4-11,15-16,21-22H,12-14H2,1-3H3,(H,26,28)(H,27,31)(H,29,30)/t15?,16?,22-/m0/s1. The van der Waals surface area contributed by atoms with Crippen molar-refractivity contribution in [3.05, 3.63) is 59.7 Å². The SMILES string of the molecule is CSCC[C@H](NC(=O)OCC1c2ccccc2-c2ccccc21)C(=O)NC(C)C(C)C(=O)O. The molecule has 1 aliphatic rings. The monoisotopic (exact) mass is 470 g/mol. The average molecular weight is 471 g/mol. The molecule has 176 valence electrons. The van der Waals surface area contributed by atoms with Crippen LogP contribution < -0.4 is 10.6 Å². The van der Waals surface area contributed by atoms with Gasteiger partial charge < -0.3 is 20.5 Å². The van der Waals surface area contributed by atoms with Crippen LogP contribution in [0, 0.1) is 5.92 Å². The maximum absolute atomic E-state index is 12.7. The second-order valence-electron chi connectivity index (χ2n) is 8.23. The van der Waals surface area contributed by atoms with Crippen molar-refractivity contribution in [1.82, 2.24) is 10.6 Å². The summed E-state index contributed by atoms with van der Waals surface area (Å²) >= 11 is 1.56. The average Bonchev–Trinajstić information content (AvgIpc) is 3.13. The van der Waals surface area contributed by atoms with Gasteiger partial charge in [0.1, 0.15) is 12.6 Å². The first-order valence-corrected chi connectivity index (χ1v) is 12.4. The van der Waals surface area contributed by atoms with E-state index in [4.69, 9.17) is 9.84 Å². The number of carbonyl (C=O) groups excluding carboxylic acids is 2. The fraction of sp³-hybridized carbons (Fsp3) is 0.400. The van der Waals surface area contributed by atoms with Crippen LogP contribution in [0.1, 0.15) is 37.3 Å². The number of carboxylic acid groups (broad SMARTS) is 1. The molecule has 0 fully saturated rings. The first-order valence-electron chi connectivity index (χ1n) is 11.0. The van der Waals surface area contributed by atoms with Crippen molar-refractivity contribution in [1.29, 1.82) is 0 Å². The van der Waals surface area contributed by atoms with Gasteiger partial charge in [-0.25, -0.2) is 4.79 Å². The molecule has 0 spiro atoms. The van der Waals surface area contributed by atoms with E-state index in [9.17, 15) is 14.4 Å². The lowest BCUT2D eigenvalue weighted by atomic mass is 9.98. The number of nitrogens with one attached hydrogen (secondary N) is 2. The van der Waals surface area contributed by atoms with Gasteiger partial charge in [-0.1, -0.05) is 48.5 Å². The number of amides is 2.